The molecule has 1 atom stereocenters. The summed E-state index contributed by atoms with van der Waals surface area (Å²) in [6.45, 7) is 1.81. The van der Waals surface area contributed by atoms with Crippen molar-refractivity contribution in [1.29, 1.82) is 0 Å². The van der Waals surface area contributed by atoms with Gasteiger partial charge in [0.25, 0.3) is 0 Å². The van der Waals surface area contributed by atoms with Gasteiger partial charge < -0.3 is 15.0 Å². The van der Waals surface area contributed by atoms with Crippen LogP contribution in [0.5, 0.6) is 0 Å². The average Bonchev–Trinajstić information content (AvgIpc) is 2.64. The molecular formula is C20H20N2O4. The van der Waals surface area contributed by atoms with Crippen LogP contribution >= 0.6 is 0 Å². The number of amides is 1. The minimum absolute atomic E-state index is 0.0607. The number of carbonyl (C=O) groups excluding carboxylic acids is 1. The van der Waals surface area contributed by atoms with Crippen LogP contribution in [0.4, 0.5) is 0 Å². The Hall–Kier alpha value is -3.15. The van der Waals surface area contributed by atoms with E-state index >= 15 is 0 Å². The Morgan fingerprint density at radius 1 is 1.04 bits per heavy atom. The fraction of sp³-hybridized carbons (Fsp3) is 0.250. The van der Waals surface area contributed by atoms with Crippen LogP contribution in [0.1, 0.15) is 19.8 Å². The number of aromatic nitrogens is 1. The Bertz CT molecular complexity index is 979. The van der Waals surface area contributed by atoms with Crippen LogP contribution in [0.3, 0.4) is 0 Å². The van der Waals surface area contributed by atoms with Crippen molar-refractivity contribution in [2.45, 2.75) is 32.4 Å². The van der Waals surface area contributed by atoms with E-state index in [2.05, 4.69) is 5.32 Å². The van der Waals surface area contributed by atoms with Gasteiger partial charge in [-0.1, -0.05) is 37.6 Å². The molecule has 0 radical (unpaired) electrons. The number of rotatable bonds is 6. The van der Waals surface area contributed by atoms with Gasteiger partial charge in [-0.25, -0.2) is 4.79 Å². The molecule has 1 unspecified atom stereocenters. The molecule has 6 nitrogen and oxygen atoms in total. The van der Waals surface area contributed by atoms with E-state index in [1.165, 1.54) is 0 Å². The highest BCUT2D eigenvalue weighted by Gasteiger charge is 2.20. The van der Waals surface area contributed by atoms with E-state index in [9.17, 15) is 19.5 Å². The lowest BCUT2D eigenvalue weighted by atomic mass is 10.1. The Morgan fingerprint density at radius 3 is 2.08 bits per heavy atom. The van der Waals surface area contributed by atoms with E-state index in [4.69, 9.17) is 0 Å². The molecule has 1 heterocycles. The topological polar surface area (TPSA) is 88.4 Å². The van der Waals surface area contributed by atoms with Crippen molar-refractivity contribution >= 4 is 33.7 Å². The molecule has 0 saturated heterocycles. The van der Waals surface area contributed by atoms with Crippen LogP contribution in [-0.2, 0) is 16.1 Å². The van der Waals surface area contributed by atoms with Gasteiger partial charge in [0.05, 0.1) is 11.0 Å². The van der Waals surface area contributed by atoms with Crippen molar-refractivity contribution in [3.8, 4) is 0 Å². The highest BCUT2D eigenvalue weighted by atomic mass is 16.4. The second-order valence-electron chi connectivity index (χ2n) is 6.20. The zero-order valence-corrected chi connectivity index (χ0v) is 14.4. The fourth-order valence-corrected chi connectivity index (χ4v) is 3.18. The third-order valence-corrected chi connectivity index (χ3v) is 4.39. The van der Waals surface area contributed by atoms with Gasteiger partial charge in [-0.15, -0.1) is 0 Å². The van der Waals surface area contributed by atoms with Crippen LogP contribution < -0.4 is 10.7 Å². The van der Waals surface area contributed by atoms with E-state index in [-0.39, 0.29) is 12.0 Å². The maximum absolute atomic E-state index is 12.7. The smallest absolute Gasteiger partial charge is 0.326 e. The number of aliphatic carboxylic acids is 1. The number of nitrogens with one attached hydrogen (secondary N) is 1. The van der Waals surface area contributed by atoms with Crippen molar-refractivity contribution < 1.29 is 14.7 Å². The van der Waals surface area contributed by atoms with Gasteiger partial charge in [0.2, 0.25) is 5.91 Å². The highest BCUT2D eigenvalue weighted by Crippen LogP contribution is 2.19. The lowest BCUT2D eigenvalue weighted by Crippen LogP contribution is -2.42. The maximum atomic E-state index is 12.7. The van der Waals surface area contributed by atoms with E-state index in [1.807, 2.05) is 19.1 Å². The summed E-state index contributed by atoms with van der Waals surface area (Å²) >= 11 is 0. The summed E-state index contributed by atoms with van der Waals surface area (Å²) in [5.41, 5.74) is 1.21. The monoisotopic (exact) mass is 352 g/mol. The third kappa shape index (κ3) is 3.31. The van der Waals surface area contributed by atoms with E-state index in [0.717, 1.165) is 0 Å². The molecule has 2 aromatic carbocycles. The molecule has 1 aromatic heterocycles. The number of hydrogen-bond donors (Lipinski definition) is 2. The van der Waals surface area contributed by atoms with Gasteiger partial charge in [0, 0.05) is 10.8 Å². The van der Waals surface area contributed by atoms with Gasteiger partial charge in [-0.2, -0.15) is 0 Å². The first-order chi connectivity index (χ1) is 12.5. The first-order valence-corrected chi connectivity index (χ1v) is 8.55. The summed E-state index contributed by atoms with van der Waals surface area (Å²) in [5, 5.41) is 12.9. The zero-order chi connectivity index (χ0) is 18.7. The second kappa shape index (κ2) is 7.39. The fourth-order valence-electron chi connectivity index (χ4n) is 3.18. The molecule has 26 heavy (non-hydrogen) atoms. The highest BCUT2D eigenvalue weighted by molar-refractivity contribution is 5.95. The standard InChI is InChI=1S/C20H20N2O4/c1-2-7-15(20(25)26)21-18(23)12-22-16-10-5-3-8-13(16)19(24)14-9-4-6-11-17(14)22/h3-6,8-11,15H,2,7,12H2,1H3,(H,21,23)(H,25,26). The predicted molar refractivity (Wildman–Crippen MR) is 100 cm³/mol. The largest absolute Gasteiger partial charge is 0.480 e. The maximum Gasteiger partial charge on any atom is 0.326 e. The summed E-state index contributed by atoms with van der Waals surface area (Å²) in [4.78, 5) is 36.5. The van der Waals surface area contributed by atoms with Gasteiger partial charge >= 0.3 is 5.97 Å². The summed E-state index contributed by atoms with van der Waals surface area (Å²) in [6, 6.07) is 13.3. The molecule has 0 bridgehead atoms. The number of para-hydroxylation sites is 2. The van der Waals surface area contributed by atoms with Crippen molar-refractivity contribution in [1.82, 2.24) is 9.88 Å². The zero-order valence-electron chi connectivity index (χ0n) is 14.4. The second-order valence-corrected chi connectivity index (χ2v) is 6.20. The van der Waals surface area contributed by atoms with Crippen molar-refractivity contribution in [3.63, 3.8) is 0 Å². The van der Waals surface area contributed by atoms with Crippen molar-refractivity contribution in [2.24, 2.45) is 0 Å². The lowest BCUT2D eigenvalue weighted by Gasteiger charge is -2.17. The van der Waals surface area contributed by atoms with Crippen LogP contribution in [0.25, 0.3) is 21.8 Å². The summed E-state index contributed by atoms with van der Waals surface area (Å²) in [7, 11) is 0. The predicted octanol–water partition coefficient (Wildman–Crippen LogP) is 2.52. The molecule has 1 amide bonds. The molecule has 0 fully saturated rings. The van der Waals surface area contributed by atoms with Crippen molar-refractivity contribution in [2.75, 3.05) is 0 Å². The Kier molecular flexibility index (Phi) is 5.02. The number of carbonyl (C=O) groups is 2. The summed E-state index contributed by atoms with van der Waals surface area (Å²) in [5.74, 6) is -1.44. The van der Waals surface area contributed by atoms with Crippen LogP contribution in [0, 0.1) is 0 Å². The quantitative estimate of drug-likeness (QED) is 0.667. The molecule has 3 aromatic rings. The van der Waals surface area contributed by atoms with Gasteiger partial charge in [0.1, 0.15) is 12.6 Å². The van der Waals surface area contributed by atoms with Crippen LogP contribution in [0.15, 0.2) is 53.3 Å². The normalized spacial score (nSPS) is 12.2. The SMILES string of the molecule is CCCC(NC(=O)Cn1c2ccccc2c(=O)c2ccccc21)C(=O)O. The minimum Gasteiger partial charge on any atom is -0.480 e. The number of hydrogen-bond acceptors (Lipinski definition) is 3. The summed E-state index contributed by atoms with van der Waals surface area (Å²) in [6.07, 6.45) is 1.02. The lowest BCUT2D eigenvalue weighted by molar-refractivity contribution is -0.142. The number of carboxylic acid groups (broad SMARTS) is 1. The number of benzene rings is 2. The number of carboxylic acids is 1. The molecule has 0 aliphatic rings. The molecule has 134 valence electrons. The first-order valence-electron chi connectivity index (χ1n) is 8.55. The molecule has 6 heteroatoms. The van der Waals surface area contributed by atoms with Gasteiger partial charge in [0.15, 0.2) is 5.43 Å². The molecule has 0 spiro atoms. The Labute approximate surface area is 150 Å². The first kappa shape index (κ1) is 17.7. The number of fused-ring (bicyclic) bond motifs is 2. The molecule has 3 rings (SSSR count). The van der Waals surface area contributed by atoms with E-state index in [0.29, 0.717) is 34.6 Å². The number of nitrogens with zero attached hydrogens (tertiary/aromatic N) is 1. The van der Waals surface area contributed by atoms with Gasteiger partial charge in [-0.3, -0.25) is 9.59 Å². The Morgan fingerprint density at radius 2 is 1.58 bits per heavy atom. The summed E-state index contributed by atoms with van der Waals surface area (Å²) < 4.78 is 1.76. The molecular weight excluding hydrogens is 332 g/mol. The Balaban J connectivity index is 2.06. The van der Waals surface area contributed by atoms with Crippen LogP contribution in [-0.4, -0.2) is 27.6 Å². The number of pyridine rings is 1. The van der Waals surface area contributed by atoms with Crippen LogP contribution in [0.2, 0.25) is 0 Å². The third-order valence-electron chi connectivity index (χ3n) is 4.39. The van der Waals surface area contributed by atoms with Gasteiger partial charge in [-0.05, 0) is 30.7 Å². The minimum atomic E-state index is -1.05. The van der Waals surface area contributed by atoms with Crippen molar-refractivity contribution in [3.05, 3.63) is 58.8 Å². The molecule has 2 N–H and O–H groups in total. The molecule has 0 aliphatic heterocycles. The average molecular weight is 352 g/mol. The van der Waals surface area contributed by atoms with E-state index < -0.39 is 17.9 Å². The molecule has 0 saturated carbocycles. The molecule has 0 aliphatic carbocycles. The van der Waals surface area contributed by atoms with E-state index in [1.54, 1.807) is 41.0 Å².